The van der Waals surface area contributed by atoms with Gasteiger partial charge in [-0.3, -0.25) is 4.79 Å². The number of nitrogens with two attached hydrogens (primary N) is 1. The van der Waals surface area contributed by atoms with Crippen LogP contribution in [0.2, 0.25) is 5.02 Å². The number of carbonyl (C=O) groups excluding carboxylic acids is 1. The molecule has 2 atom stereocenters. The molecule has 1 aromatic carbocycles. The van der Waals surface area contributed by atoms with Gasteiger partial charge in [-0.1, -0.05) is 31.5 Å². The highest BCUT2D eigenvalue weighted by Crippen LogP contribution is 2.50. The highest BCUT2D eigenvalue weighted by atomic mass is 35.5. The number of hydrogen-bond donors (Lipinski definition) is 2. The van der Waals surface area contributed by atoms with Gasteiger partial charge in [0, 0.05) is 18.4 Å². The molecule has 1 amide bonds. The van der Waals surface area contributed by atoms with Gasteiger partial charge in [0.2, 0.25) is 5.91 Å². The summed E-state index contributed by atoms with van der Waals surface area (Å²) in [5.74, 6) is -1.08. The van der Waals surface area contributed by atoms with Crippen LogP contribution in [0.3, 0.4) is 0 Å². The van der Waals surface area contributed by atoms with Gasteiger partial charge in [0.1, 0.15) is 5.54 Å². The number of carbonyl (C=O) groups is 1. The number of nitrogens with one attached hydrogen (secondary N) is 1. The Balaban J connectivity index is 2.16. The third-order valence-electron chi connectivity index (χ3n) is 4.43. The molecule has 0 radical (unpaired) electrons. The second kappa shape index (κ2) is 5.55. The van der Waals surface area contributed by atoms with E-state index in [1.165, 1.54) is 12.1 Å². The number of amides is 1. The lowest BCUT2D eigenvalue weighted by Crippen LogP contribution is -2.74. The molecule has 0 aromatic heterocycles. The van der Waals surface area contributed by atoms with Crippen molar-refractivity contribution < 1.29 is 13.9 Å². The van der Waals surface area contributed by atoms with Crippen LogP contribution in [0.5, 0.6) is 0 Å². The smallest absolute Gasteiger partial charge is 0.245 e. The van der Waals surface area contributed by atoms with Gasteiger partial charge in [0.05, 0.1) is 16.8 Å². The van der Waals surface area contributed by atoms with E-state index in [0.717, 1.165) is 0 Å². The standard InChI is InChI=1S/C15H20ClFN2O2/c1-4-21-11-8-15(18,14(11,2)3)13(20)19-10-7-5-6-9(16)12(10)17/h5-7,11H,4,8,18H2,1-3H3,(H,19,20). The number of anilines is 1. The minimum atomic E-state index is -1.10. The van der Waals surface area contributed by atoms with E-state index in [1.807, 2.05) is 20.8 Å². The van der Waals surface area contributed by atoms with Crippen LogP contribution in [0.1, 0.15) is 27.2 Å². The lowest BCUT2D eigenvalue weighted by Gasteiger charge is -2.57. The Morgan fingerprint density at radius 1 is 1.57 bits per heavy atom. The van der Waals surface area contributed by atoms with Crippen molar-refractivity contribution in [3.8, 4) is 0 Å². The highest BCUT2D eigenvalue weighted by Gasteiger charge is 2.62. The summed E-state index contributed by atoms with van der Waals surface area (Å²) in [5, 5.41) is 2.49. The molecule has 0 aliphatic heterocycles. The van der Waals surface area contributed by atoms with Gasteiger partial charge in [-0.2, -0.15) is 0 Å². The number of rotatable bonds is 4. The molecule has 21 heavy (non-hydrogen) atoms. The Bertz CT molecular complexity index is 565. The number of hydrogen-bond acceptors (Lipinski definition) is 3. The molecule has 1 saturated carbocycles. The third-order valence-corrected chi connectivity index (χ3v) is 4.73. The minimum absolute atomic E-state index is 0.0352. The Hall–Kier alpha value is -1.17. The molecule has 0 saturated heterocycles. The van der Waals surface area contributed by atoms with Crippen molar-refractivity contribution in [3.05, 3.63) is 29.0 Å². The zero-order chi connectivity index (χ0) is 15.8. The molecular weight excluding hydrogens is 295 g/mol. The van der Waals surface area contributed by atoms with Gasteiger partial charge in [0.15, 0.2) is 5.82 Å². The third kappa shape index (κ3) is 2.54. The van der Waals surface area contributed by atoms with Gasteiger partial charge < -0.3 is 15.8 Å². The van der Waals surface area contributed by atoms with Crippen LogP contribution in [0.15, 0.2) is 18.2 Å². The van der Waals surface area contributed by atoms with Gasteiger partial charge in [-0.15, -0.1) is 0 Å². The fourth-order valence-corrected chi connectivity index (χ4v) is 2.83. The fraction of sp³-hybridized carbons (Fsp3) is 0.533. The van der Waals surface area contributed by atoms with Crippen molar-refractivity contribution in [1.82, 2.24) is 0 Å². The summed E-state index contributed by atoms with van der Waals surface area (Å²) in [6.07, 6.45) is 0.324. The molecule has 2 unspecified atom stereocenters. The molecule has 116 valence electrons. The number of halogens is 2. The molecule has 3 N–H and O–H groups in total. The average molecular weight is 315 g/mol. The predicted octanol–water partition coefficient (Wildman–Crippen LogP) is 2.95. The molecule has 2 rings (SSSR count). The van der Waals surface area contributed by atoms with Crippen molar-refractivity contribution in [2.45, 2.75) is 38.8 Å². The molecule has 6 heteroatoms. The molecule has 0 spiro atoms. The molecule has 0 heterocycles. The maximum absolute atomic E-state index is 13.9. The predicted molar refractivity (Wildman–Crippen MR) is 80.8 cm³/mol. The molecule has 0 bridgehead atoms. The summed E-state index contributed by atoms with van der Waals surface area (Å²) in [4.78, 5) is 12.4. The second-order valence-electron chi connectivity index (χ2n) is 5.90. The normalized spacial score (nSPS) is 27.0. The van der Waals surface area contributed by atoms with Crippen LogP contribution in [-0.4, -0.2) is 24.2 Å². The summed E-state index contributed by atoms with van der Waals surface area (Å²) >= 11 is 5.70. The maximum Gasteiger partial charge on any atom is 0.245 e. The SMILES string of the molecule is CCOC1CC(N)(C(=O)Nc2cccc(Cl)c2F)C1(C)C. The summed E-state index contributed by atoms with van der Waals surface area (Å²) in [5.41, 5.74) is 4.65. The topological polar surface area (TPSA) is 64.3 Å². The summed E-state index contributed by atoms with van der Waals surface area (Å²) in [6.45, 7) is 6.22. The van der Waals surface area contributed by atoms with E-state index in [4.69, 9.17) is 22.1 Å². The summed E-state index contributed by atoms with van der Waals surface area (Å²) in [7, 11) is 0. The van der Waals surface area contributed by atoms with Gasteiger partial charge in [0.25, 0.3) is 0 Å². The van der Waals surface area contributed by atoms with Gasteiger partial charge in [-0.05, 0) is 19.1 Å². The number of benzene rings is 1. The zero-order valence-electron chi connectivity index (χ0n) is 12.4. The monoisotopic (exact) mass is 314 g/mol. The molecular formula is C15H20ClFN2O2. The van der Waals surface area contributed by atoms with Crippen molar-refractivity contribution in [2.24, 2.45) is 11.1 Å². The maximum atomic E-state index is 13.9. The first-order valence-electron chi connectivity index (χ1n) is 6.90. The molecule has 1 fully saturated rings. The van der Waals surface area contributed by atoms with Crippen LogP contribution in [0, 0.1) is 11.2 Å². The lowest BCUT2D eigenvalue weighted by molar-refractivity contribution is -0.166. The molecule has 1 aromatic rings. The van der Waals surface area contributed by atoms with E-state index < -0.39 is 22.7 Å². The molecule has 1 aliphatic rings. The van der Waals surface area contributed by atoms with E-state index in [1.54, 1.807) is 6.07 Å². The Morgan fingerprint density at radius 2 is 2.24 bits per heavy atom. The minimum Gasteiger partial charge on any atom is -0.378 e. The van der Waals surface area contributed by atoms with E-state index >= 15 is 0 Å². The fourth-order valence-electron chi connectivity index (χ4n) is 2.65. The summed E-state index contributed by atoms with van der Waals surface area (Å²) < 4.78 is 19.4. The van der Waals surface area contributed by atoms with E-state index in [2.05, 4.69) is 5.32 Å². The van der Waals surface area contributed by atoms with Crippen molar-refractivity contribution in [2.75, 3.05) is 11.9 Å². The van der Waals surface area contributed by atoms with Crippen LogP contribution in [0.4, 0.5) is 10.1 Å². The highest BCUT2D eigenvalue weighted by molar-refractivity contribution is 6.31. The van der Waals surface area contributed by atoms with Crippen LogP contribution < -0.4 is 11.1 Å². The summed E-state index contributed by atoms with van der Waals surface area (Å²) in [6, 6.07) is 4.44. The first-order chi connectivity index (χ1) is 9.74. The van der Waals surface area contributed by atoms with E-state index in [-0.39, 0.29) is 16.8 Å². The van der Waals surface area contributed by atoms with Gasteiger partial charge >= 0.3 is 0 Å². The van der Waals surface area contributed by atoms with Crippen molar-refractivity contribution in [3.63, 3.8) is 0 Å². The van der Waals surface area contributed by atoms with Crippen LogP contribution in [-0.2, 0) is 9.53 Å². The zero-order valence-corrected chi connectivity index (χ0v) is 13.1. The molecule has 1 aliphatic carbocycles. The van der Waals surface area contributed by atoms with Crippen molar-refractivity contribution >= 4 is 23.2 Å². The van der Waals surface area contributed by atoms with Gasteiger partial charge in [-0.25, -0.2) is 4.39 Å². The van der Waals surface area contributed by atoms with Crippen LogP contribution >= 0.6 is 11.6 Å². The average Bonchev–Trinajstić information content (AvgIpc) is 2.43. The first kappa shape index (κ1) is 16.2. The Morgan fingerprint density at radius 3 is 2.81 bits per heavy atom. The van der Waals surface area contributed by atoms with Crippen LogP contribution in [0.25, 0.3) is 0 Å². The van der Waals surface area contributed by atoms with Crippen molar-refractivity contribution in [1.29, 1.82) is 0 Å². The Labute approximate surface area is 128 Å². The van der Waals surface area contributed by atoms with E-state index in [9.17, 15) is 9.18 Å². The molecule has 4 nitrogen and oxygen atoms in total. The van der Waals surface area contributed by atoms with E-state index in [0.29, 0.717) is 13.0 Å². The number of ether oxygens (including phenoxy) is 1. The quantitative estimate of drug-likeness (QED) is 0.898. The largest absolute Gasteiger partial charge is 0.378 e. The lowest BCUT2D eigenvalue weighted by atomic mass is 9.54. The first-order valence-corrected chi connectivity index (χ1v) is 7.27. The second-order valence-corrected chi connectivity index (χ2v) is 6.30. The Kier molecular flexibility index (Phi) is 4.29.